The number of aryl methyl sites for hydroxylation is 1. The standard InChI is InChI=1S/C15H14ClNOS/c1-2-10-4-3-5-11(8-10)17-15(18)13-9-12(19)6-7-14(13)16/h3-9,19H,2H2,1H3,(H,17,18). The second-order valence-electron chi connectivity index (χ2n) is 4.17. The molecule has 1 amide bonds. The Kier molecular flexibility index (Phi) is 4.51. The van der Waals surface area contributed by atoms with Crippen LogP contribution in [0.15, 0.2) is 47.4 Å². The van der Waals surface area contributed by atoms with Crippen molar-refractivity contribution in [2.24, 2.45) is 0 Å². The third kappa shape index (κ3) is 3.52. The van der Waals surface area contributed by atoms with Gasteiger partial charge in [-0.3, -0.25) is 4.79 Å². The summed E-state index contributed by atoms with van der Waals surface area (Å²) >= 11 is 10.2. The highest BCUT2D eigenvalue weighted by Crippen LogP contribution is 2.21. The molecule has 0 aliphatic rings. The Morgan fingerprint density at radius 3 is 2.79 bits per heavy atom. The Morgan fingerprint density at radius 1 is 1.26 bits per heavy atom. The number of benzene rings is 2. The molecule has 0 fully saturated rings. The van der Waals surface area contributed by atoms with Gasteiger partial charge in [0, 0.05) is 10.6 Å². The van der Waals surface area contributed by atoms with E-state index in [1.54, 1.807) is 18.2 Å². The molecule has 0 saturated carbocycles. The van der Waals surface area contributed by atoms with Crippen LogP contribution in [0.25, 0.3) is 0 Å². The zero-order chi connectivity index (χ0) is 13.8. The Hall–Kier alpha value is -1.45. The molecule has 2 aromatic carbocycles. The van der Waals surface area contributed by atoms with Crippen molar-refractivity contribution in [2.45, 2.75) is 18.2 Å². The summed E-state index contributed by atoms with van der Waals surface area (Å²) in [5.74, 6) is -0.228. The highest BCUT2D eigenvalue weighted by atomic mass is 35.5. The Labute approximate surface area is 123 Å². The minimum atomic E-state index is -0.228. The first-order chi connectivity index (χ1) is 9.10. The summed E-state index contributed by atoms with van der Waals surface area (Å²) in [4.78, 5) is 12.9. The summed E-state index contributed by atoms with van der Waals surface area (Å²) in [6.07, 6.45) is 0.927. The van der Waals surface area contributed by atoms with E-state index in [-0.39, 0.29) is 5.91 Å². The number of rotatable bonds is 3. The van der Waals surface area contributed by atoms with Crippen LogP contribution in [-0.4, -0.2) is 5.91 Å². The van der Waals surface area contributed by atoms with Crippen LogP contribution in [0.2, 0.25) is 5.02 Å². The number of carbonyl (C=O) groups is 1. The van der Waals surface area contributed by atoms with E-state index in [1.165, 1.54) is 5.56 Å². The first-order valence-electron chi connectivity index (χ1n) is 5.99. The van der Waals surface area contributed by atoms with Gasteiger partial charge >= 0.3 is 0 Å². The Morgan fingerprint density at radius 2 is 2.05 bits per heavy atom. The van der Waals surface area contributed by atoms with Gasteiger partial charge in [0.1, 0.15) is 0 Å². The fourth-order valence-corrected chi connectivity index (χ4v) is 2.16. The SMILES string of the molecule is CCc1cccc(NC(=O)c2cc(S)ccc2Cl)c1. The van der Waals surface area contributed by atoms with Crippen molar-refractivity contribution in [3.05, 3.63) is 58.6 Å². The van der Waals surface area contributed by atoms with Gasteiger partial charge in [-0.05, 0) is 42.3 Å². The average molecular weight is 292 g/mol. The molecule has 2 rings (SSSR count). The van der Waals surface area contributed by atoms with Gasteiger partial charge in [0.15, 0.2) is 0 Å². The maximum Gasteiger partial charge on any atom is 0.257 e. The van der Waals surface area contributed by atoms with Crippen molar-refractivity contribution in [3.63, 3.8) is 0 Å². The van der Waals surface area contributed by atoms with Crippen LogP contribution in [0.4, 0.5) is 5.69 Å². The van der Waals surface area contributed by atoms with Crippen molar-refractivity contribution >= 4 is 35.8 Å². The predicted molar refractivity (Wildman–Crippen MR) is 82.5 cm³/mol. The van der Waals surface area contributed by atoms with Crippen LogP contribution in [0.5, 0.6) is 0 Å². The molecule has 0 radical (unpaired) electrons. The van der Waals surface area contributed by atoms with Crippen LogP contribution in [0, 0.1) is 0 Å². The zero-order valence-corrected chi connectivity index (χ0v) is 12.1. The highest BCUT2D eigenvalue weighted by Gasteiger charge is 2.11. The number of anilines is 1. The lowest BCUT2D eigenvalue weighted by molar-refractivity contribution is 0.102. The molecular formula is C15H14ClNOS. The lowest BCUT2D eigenvalue weighted by Crippen LogP contribution is -2.12. The van der Waals surface area contributed by atoms with E-state index < -0.39 is 0 Å². The van der Waals surface area contributed by atoms with Crippen molar-refractivity contribution < 1.29 is 4.79 Å². The van der Waals surface area contributed by atoms with Gasteiger partial charge in [0.2, 0.25) is 0 Å². The molecule has 2 aromatic rings. The maximum absolute atomic E-state index is 12.2. The van der Waals surface area contributed by atoms with E-state index in [2.05, 4.69) is 24.9 Å². The largest absolute Gasteiger partial charge is 0.322 e. The summed E-state index contributed by atoms with van der Waals surface area (Å²) in [5, 5.41) is 3.26. The van der Waals surface area contributed by atoms with Crippen LogP contribution in [0.3, 0.4) is 0 Å². The van der Waals surface area contributed by atoms with E-state index in [0.29, 0.717) is 15.5 Å². The molecular weight excluding hydrogens is 278 g/mol. The van der Waals surface area contributed by atoms with Crippen molar-refractivity contribution in [3.8, 4) is 0 Å². The van der Waals surface area contributed by atoms with Crippen LogP contribution in [0.1, 0.15) is 22.8 Å². The molecule has 0 unspecified atom stereocenters. The molecule has 0 saturated heterocycles. The molecule has 4 heteroatoms. The van der Waals surface area contributed by atoms with E-state index in [9.17, 15) is 4.79 Å². The third-order valence-corrected chi connectivity index (χ3v) is 3.40. The average Bonchev–Trinajstić information content (AvgIpc) is 2.41. The van der Waals surface area contributed by atoms with Gasteiger partial charge in [-0.1, -0.05) is 30.7 Å². The third-order valence-electron chi connectivity index (χ3n) is 2.79. The molecule has 2 nitrogen and oxygen atoms in total. The number of halogens is 1. The lowest BCUT2D eigenvalue weighted by atomic mass is 10.1. The summed E-state index contributed by atoms with van der Waals surface area (Å²) in [6.45, 7) is 2.07. The van der Waals surface area contributed by atoms with Crippen LogP contribution < -0.4 is 5.32 Å². The van der Waals surface area contributed by atoms with Crippen molar-refractivity contribution in [1.82, 2.24) is 0 Å². The molecule has 0 aliphatic carbocycles. The first kappa shape index (κ1) is 14.0. The fourth-order valence-electron chi connectivity index (χ4n) is 1.75. The second kappa shape index (κ2) is 6.13. The van der Waals surface area contributed by atoms with E-state index >= 15 is 0 Å². The summed E-state index contributed by atoms with van der Waals surface area (Å²) < 4.78 is 0. The smallest absolute Gasteiger partial charge is 0.257 e. The van der Waals surface area contributed by atoms with Gasteiger partial charge in [0.25, 0.3) is 5.91 Å². The normalized spacial score (nSPS) is 10.3. The number of amides is 1. The quantitative estimate of drug-likeness (QED) is 0.804. The van der Waals surface area contributed by atoms with Crippen LogP contribution in [-0.2, 0) is 6.42 Å². The van der Waals surface area contributed by atoms with E-state index in [0.717, 1.165) is 12.1 Å². The topological polar surface area (TPSA) is 29.1 Å². The molecule has 0 heterocycles. The van der Waals surface area contributed by atoms with E-state index in [4.69, 9.17) is 11.6 Å². The minimum Gasteiger partial charge on any atom is -0.322 e. The molecule has 1 N–H and O–H groups in total. The van der Waals surface area contributed by atoms with Crippen molar-refractivity contribution in [2.75, 3.05) is 5.32 Å². The van der Waals surface area contributed by atoms with Gasteiger partial charge in [-0.15, -0.1) is 12.6 Å². The molecule has 0 aromatic heterocycles. The van der Waals surface area contributed by atoms with Gasteiger partial charge in [-0.2, -0.15) is 0 Å². The van der Waals surface area contributed by atoms with Gasteiger partial charge < -0.3 is 5.32 Å². The van der Waals surface area contributed by atoms with Crippen LogP contribution >= 0.6 is 24.2 Å². The number of thiol groups is 1. The molecule has 0 spiro atoms. The van der Waals surface area contributed by atoms with Crippen molar-refractivity contribution in [1.29, 1.82) is 0 Å². The summed E-state index contributed by atoms with van der Waals surface area (Å²) in [6, 6.07) is 12.8. The highest BCUT2D eigenvalue weighted by molar-refractivity contribution is 7.80. The maximum atomic E-state index is 12.2. The molecule has 98 valence electrons. The van der Waals surface area contributed by atoms with Gasteiger partial charge in [0.05, 0.1) is 10.6 Å². The minimum absolute atomic E-state index is 0.228. The molecule has 0 bridgehead atoms. The lowest BCUT2D eigenvalue weighted by Gasteiger charge is -2.08. The number of nitrogens with one attached hydrogen (secondary N) is 1. The molecule has 0 aliphatic heterocycles. The molecule has 0 atom stereocenters. The Balaban J connectivity index is 2.23. The first-order valence-corrected chi connectivity index (χ1v) is 6.81. The number of hydrogen-bond donors (Lipinski definition) is 2. The fraction of sp³-hybridized carbons (Fsp3) is 0.133. The summed E-state index contributed by atoms with van der Waals surface area (Å²) in [7, 11) is 0. The number of hydrogen-bond acceptors (Lipinski definition) is 2. The predicted octanol–water partition coefficient (Wildman–Crippen LogP) is 4.44. The second-order valence-corrected chi connectivity index (χ2v) is 5.10. The monoisotopic (exact) mass is 291 g/mol. The number of carbonyl (C=O) groups excluding carboxylic acids is 1. The van der Waals surface area contributed by atoms with Gasteiger partial charge in [-0.25, -0.2) is 0 Å². The Bertz CT molecular complexity index is 613. The van der Waals surface area contributed by atoms with E-state index in [1.807, 2.05) is 24.3 Å². The zero-order valence-electron chi connectivity index (χ0n) is 10.5. The summed E-state index contributed by atoms with van der Waals surface area (Å²) in [5.41, 5.74) is 2.37. The molecule has 19 heavy (non-hydrogen) atoms.